The molecule has 0 bridgehead atoms. The summed E-state index contributed by atoms with van der Waals surface area (Å²) in [6, 6.07) is 17.2. The van der Waals surface area contributed by atoms with Crippen molar-refractivity contribution in [2.24, 2.45) is 5.92 Å². The number of ether oxygens (including phenoxy) is 1. The number of carbonyl (C=O) groups is 1. The van der Waals surface area contributed by atoms with Gasteiger partial charge in [0.2, 0.25) is 0 Å². The first-order valence-corrected chi connectivity index (χ1v) is 9.10. The smallest absolute Gasteiger partial charge is 0.258 e. The molecule has 0 radical (unpaired) electrons. The van der Waals surface area contributed by atoms with Gasteiger partial charge in [0.1, 0.15) is 11.3 Å². The number of benzene rings is 2. The zero-order chi connectivity index (χ0) is 17.9. The number of nitrogens with zero attached hydrogens (tertiary/aromatic N) is 1. The molecule has 1 saturated carbocycles. The van der Waals surface area contributed by atoms with Gasteiger partial charge >= 0.3 is 0 Å². The summed E-state index contributed by atoms with van der Waals surface area (Å²) in [7, 11) is 0. The molecule has 0 unspecified atom stereocenters. The van der Waals surface area contributed by atoms with Gasteiger partial charge in [-0.25, -0.2) is 0 Å². The van der Waals surface area contributed by atoms with E-state index in [1.54, 1.807) is 6.20 Å². The Kier molecular flexibility index (Phi) is 4.76. The Morgan fingerprint density at radius 1 is 1.15 bits per heavy atom. The van der Waals surface area contributed by atoms with E-state index in [-0.39, 0.29) is 18.6 Å². The maximum atomic E-state index is 12.5. The molecule has 0 spiro atoms. The van der Waals surface area contributed by atoms with E-state index in [1.807, 2.05) is 54.6 Å². The number of nitrogens with one attached hydrogen (secondary N) is 1. The molecule has 0 aliphatic heterocycles. The lowest BCUT2D eigenvalue weighted by Gasteiger charge is -2.19. The Bertz CT molecular complexity index is 917. The predicted molar refractivity (Wildman–Crippen MR) is 102 cm³/mol. The predicted octanol–water partition coefficient (Wildman–Crippen LogP) is 4.53. The molecule has 0 saturated heterocycles. The van der Waals surface area contributed by atoms with Gasteiger partial charge in [0.25, 0.3) is 5.91 Å². The van der Waals surface area contributed by atoms with Crippen LogP contribution in [0.4, 0.5) is 0 Å². The molecular formula is C21H19ClN2O2. The molecule has 1 atom stereocenters. The fraction of sp³-hybridized carbons (Fsp3) is 0.238. The van der Waals surface area contributed by atoms with Crippen molar-refractivity contribution >= 4 is 28.4 Å². The van der Waals surface area contributed by atoms with Crippen LogP contribution in [0.5, 0.6) is 5.75 Å². The van der Waals surface area contributed by atoms with Crippen LogP contribution in [-0.4, -0.2) is 17.5 Å². The molecule has 2 aromatic carbocycles. The summed E-state index contributed by atoms with van der Waals surface area (Å²) >= 11 is 5.97. The van der Waals surface area contributed by atoms with Crippen molar-refractivity contribution in [1.29, 1.82) is 0 Å². The number of hydrogen-bond donors (Lipinski definition) is 1. The van der Waals surface area contributed by atoms with Crippen LogP contribution >= 0.6 is 11.6 Å². The molecule has 1 fully saturated rings. The SMILES string of the molecule is O=C(COc1cccc2cccnc12)N[C@H](c1ccc(Cl)cc1)C1CC1. The third kappa shape index (κ3) is 3.81. The van der Waals surface area contributed by atoms with Crippen molar-refractivity contribution in [3.05, 3.63) is 71.4 Å². The second-order valence-corrected chi connectivity index (χ2v) is 6.99. The van der Waals surface area contributed by atoms with Crippen LogP contribution in [-0.2, 0) is 4.79 Å². The highest BCUT2D eigenvalue weighted by Gasteiger charge is 2.33. The van der Waals surface area contributed by atoms with Crippen molar-refractivity contribution in [3.63, 3.8) is 0 Å². The highest BCUT2D eigenvalue weighted by Crippen LogP contribution is 2.41. The highest BCUT2D eigenvalue weighted by molar-refractivity contribution is 6.30. The minimum atomic E-state index is -0.134. The van der Waals surface area contributed by atoms with Gasteiger partial charge < -0.3 is 10.1 Å². The molecule has 3 aromatic rings. The second kappa shape index (κ2) is 7.34. The molecule has 4 rings (SSSR count). The Labute approximate surface area is 157 Å². The average Bonchev–Trinajstić information content (AvgIpc) is 3.50. The summed E-state index contributed by atoms with van der Waals surface area (Å²) < 4.78 is 5.74. The molecule has 132 valence electrons. The van der Waals surface area contributed by atoms with Gasteiger partial charge in [-0.15, -0.1) is 0 Å². The zero-order valence-corrected chi connectivity index (χ0v) is 14.9. The lowest BCUT2D eigenvalue weighted by Crippen LogP contribution is -2.33. The van der Waals surface area contributed by atoms with E-state index >= 15 is 0 Å². The number of fused-ring (bicyclic) bond motifs is 1. The van der Waals surface area contributed by atoms with Crippen molar-refractivity contribution in [2.75, 3.05) is 6.61 Å². The number of carbonyl (C=O) groups excluding carboxylic acids is 1. The van der Waals surface area contributed by atoms with Gasteiger partial charge in [-0.3, -0.25) is 9.78 Å². The first kappa shape index (κ1) is 16.9. The normalized spacial score (nSPS) is 14.8. The van der Waals surface area contributed by atoms with Gasteiger partial charge in [-0.05, 0) is 48.6 Å². The minimum absolute atomic E-state index is 0.00834. The van der Waals surface area contributed by atoms with E-state index < -0.39 is 0 Å². The van der Waals surface area contributed by atoms with Crippen molar-refractivity contribution < 1.29 is 9.53 Å². The molecule has 1 aliphatic carbocycles. The van der Waals surface area contributed by atoms with Crippen LogP contribution in [0, 0.1) is 5.92 Å². The van der Waals surface area contributed by atoms with Crippen LogP contribution in [0.1, 0.15) is 24.4 Å². The van der Waals surface area contributed by atoms with Crippen LogP contribution in [0.15, 0.2) is 60.8 Å². The fourth-order valence-electron chi connectivity index (χ4n) is 3.12. The van der Waals surface area contributed by atoms with Gasteiger partial charge in [-0.1, -0.05) is 41.9 Å². The minimum Gasteiger partial charge on any atom is -0.481 e. The first-order chi connectivity index (χ1) is 12.7. The van der Waals surface area contributed by atoms with Crippen LogP contribution in [0.25, 0.3) is 10.9 Å². The van der Waals surface area contributed by atoms with E-state index in [9.17, 15) is 4.79 Å². The Hall–Kier alpha value is -2.59. The lowest BCUT2D eigenvalue weighted by atomic mass is 10.0. The summed E-state index contributed by atoms with van der Waals surface area (Å²) in [6.07, 6.45) is 3.97. The van der Waals surface area contributed by atoms with Gasteiger partial charge in [-0.2, -0.15) is 0 Å². The standard InChI is InChI=1S/C21H19ClN2O2/c22-17-10-8-16(9-11-17)20(15-6-7-15)24-19(25)13-26-18-5-1-3-14-4-2-12-23-21(14)18/h1-5,8-12,15,20H,6-7,13H2,(H,24,25)/t20-/m0/s1. The van der Waals surface area contributed by atoms with Gasteiger partial charge in [0.05, 0.1) is 6.04 Å². The molecule has 4 nitrogen and oxygen atoms in total. The Morgan fingerprint density at radius 2 is 1.92 bits per heavy atom. The van der Waals surface area contributed by atoms with Crippen LogP contribution < -0.4 is 10.1 Å². The molecule has 1 heterocycles. The first-order valence-electron chi connectivity index (χ1n) is 8.72. The van der Waals surface area contributed by atoms with E-state index in [0.29, 0.717) is 16.7 Å². The van der Waals surface area contributed by atoms with Gasteiger partial charge in [0, 0.05) is 16.6 Å². The summed E-state index contributed by atoms with van der Waals surface area (Å²) in [5.41, 5.74) is 1.84. The van der Waals surface area contributed by atoms with Crippen LogP contribution in [0.3, 0.4) is 0 Å². The molecule has 26 heavy (non-hydrogen) atoms. The third-order valence-corrected chi connectivity index (χ3v) is 4.85. The number of aromatic nitrogens is 1. The maximum Gasteiger partial charge on any atom is 0.258 e. The monoisotopic (exact) mass is 366 g/mol. The summed E-state index contributed by atoms with van der Waals surface area (Å²) in [5.74, 6) is 0.969. The van der Waals surface area contributed by atoms with Gasteiger partial charge in [0.15, 0.2) is 6.61 Å². The quantitative estimate of drug-likeness (QED) is 0.697. The number of halogens is 1. The fourth-order valence-corrected chi connectivity index (χ4v) is 3.25. The van der Waals surface area contributed by atoms with Crippen molar-refractivity contribution in [2.45, 2.75) is 18.9 Å². The maximum absolute atomic E-state index is 12.5. The topological polar surface area (TPSA) is 51.2 Å². The van der Waals surface area contributed by atoms with E-state index in [4.69, 9.17) is 16.3 Å². The second-order valence-electron chi connectivity index (χ2n) is 6.55. The molecular weight excluding hydrogens is 348 g/mol. The Balaban J connectivity index is 1.43. The Morgan fingerprint density at radius 3 is 2.69 bits per heavy atom. The summed E-state index contributed by atoms with van der Waals surface area (Å²) in [4.78, 5) is 16.8. The van der Waals surface area contributed by atoms with E-state index in [1.165, 1.54) is 0 Å². The van der Waals surface area contributed by atoms with E-state index in [0.717, 1.165) is 29.3 Å². The molecule has 1 amide bonds. The number of hydrogen-bond acceptors (Lipinski definition) is 3. The molecule has 5 heteroatoms. The number of rotatable bonds is 6. The van der Waals surface area contributed by atoms with Crippen molar-refractivity contribution in [3.8, 4) is 5.75 Å². The van der Waals surface area contributed by atoms with Crippen molar-refractivity contribution in [1.82, 2.24) is 10.3 Å². The largest absolute Gasteiger partial charge is 0.481 e. The number of para-hydroxylation sites is 1. The summed E-state index contributed by atoms with van der Waals surface area (Å²) in [5, 5.41) is 4.79. The zero-order valence-electron chi connectivity index (χ0n) is 14.2. The number of pyridine rings is 1. The lowest BCUT2D eigenvalue weighted by molar-refractivity contribution is -0.124. The molecule has 1 aromatic heterocycles. The summed E-state index contributed by atoms with van der Waals surface area (Å²) in [6.45, 7) is -0.0352. The third-order valence-electron chi connectivity index (χ3n) is 4.59. The molecule has 1 aliphatic rings. The van der Waals surface area contributed by atoms with Crippen LogP contribution in [0.2, 0.25) is 5.02 Å². The molecule has 1 N–H and O–H groups in total. The van der Waals surface area contributed by atoms with E-state index in [2.05, 4.69) is 10.3 Å². The average molecular weight is 367 g/mol. The highest BCUT2D eigenvalue weighted by atomic mass is 35.5. The number of amides is 1.